The average Bonchev–Trinajstić information content (AvgIpc) is 2.63. The van der Waals surface area contributed by atoms with E-state index >= 15 is 0 Å². The Morgan fingerprint density at radius 1 is 1.25 bits per heavy atom. The molecule has 1 fully saturated rings. The monoisotopic (exact) mass is 328 g/mol. The summed E-state index contributed by atoms with van der Waals surface area (Å²) >= 11 is 0. The fourth-order valence-electron chi connectivity index (χ4n) is 3.36. The molecule has 0 spiro atoms. The fourth-order valence-corrected chi connectivity index (χ4v) is 3.36. The molecule has 0 saturated carbocycles. The zero-order valence-corrected chi connectivity index (χ0v) is 14.3. The second-order valence-electron chi connectivity index (χ2n) is 6.18. The summed E-state index contributed by atoms with van der Waals surface area (Å²) in [5, 5.41) is 0.604. The molecule has 0 aliphatic carbocycles. The van der Waals surface area contributed by atoms with Crippen molar-refractivity contribution in [3.63, 3.8) is 0 Å². The van der Waals surface area contributed by atoms with Crippen molar-refractivity contribution in [2.45, 2.75) is 26.7 Å². The molecule has 1 amide bonds. The molecule has 0 radical (unpaired) electrons. The SMILES string of the molecule is CCN(CC)C(=O)C1CCN(c2nc3ccccc3c(=O)[nH]2)CC1. The number of aromatic nitrogens is 2. The molecule has 1 aromatic heterocycles. The fraction of sp³-hybridized carbons (Fsp3) is 0.500. The minimum absolute atomic E-state index is 0.0772. The van der Waals surface area contributed by atoms with Gasteiger partial charge in [0.2, 0.25) is 11.9 Å². The zero-order chi connectivity index (χ0) is 17.1. The van der Waals surface area contributed by atoms with E-state index in [1.54, 1.807) is 6.07 Å². The number of rotatable bonds is 4. The number of para-hydroxylation sites is 1. The van der Waals surface area contributed by atoms with Crippen LogP contribution in [0.5, 0.6) is 0 Å². The van der Waals surface area contributed by atoms with E-state index in [9.17, 15) is 9.59 Å². The Labute approximate surface area is 141 Å². The molecule has 2 heterocycles. The smallest absolute Gasteiger partial charge is 0.260 e. The van der Waals surface area contributed by atoms with Crippen LogP contribution >= 0.6 is 0 Å². The van der Waals surface area contributed by atoms with Gasteiger partial charge in [0.15, 0.2) is 0 Å². The summed E-state index contributed by atoms with van der Waals surface area (Å²) in [7, 11) is 0. The van der Waals surface area contributed by atoms with Crippen molar-refractivity contribution in [3.8, 4) is 0 Å². The van der Waals surface area contributed by atoms with Crippen LogP contribution in [0.4, 0.5) is 5.95 Å². The predicted molar refractivity (Wildman–Crippen MR) is 95.2 cm³/mol. The molecular formula is C18H24N4O2. The standard InChI is InChI=1S/C18H24N4O2/c1-3-21(4-2)17(24)13-9-11-22(12-10-13)18-19-15-8-6-5-7-14(15)16(23)20-18/h5-8,13H,3-4,9-12H2,1-2H3,(H,19,20,23). The number of H-pyrrole nitrogens is 1. The number of fused-ring (bicyclic) bond motifs is 1. The molecule has 6 nitrogen and oxygen atoms in total. The molecule has 0 atom stereocenters. The normalized spacial score (nSPS) is 15.7. The van der Waals surface area contributed by atoms with Gasteiger partial charge in [-0.3, -0.25) is 14.6 Å². The van der Waals surface area contributed by atoms with Crippen molar-refractivity contribution in [1.29, 1.82) is 0 Å². The number of hydrogen-bond donors (Lipinski definition) is 1. The molecule has 1 N–H and O–H groups in total. The molecule has 1 saturated heterocycles. The summed E-state index contributed by atoms with van der Waals surface area (Å²) in [4.78, 5) is 36.1. The second kappa shape index (κ2) is 7.03. The van der Waals surface area contributed by atoms with E-state index in [0.717, 1.165) is 39.0 Å². The molecule has 2 aromatic rings. The van der Waals surface area contributed by atoms with E-state index in [0.29, 0.717) is 16.9 Å². The zero-order valence-electron chi connectivity index (χ0n) is 14.3. The minimum atomic E-state index is -0.114. The Morgan fingerprint density at radius 3 is 2.58 bits per heavy atom. The van der Waals surface area contributed by atoms with E-state index in [1.165, 1.54) is 0 Å². The Morgan fingerprint density at radius 2 is 1.92 bits per heavy atom. The summed E-state index contributed by atoms with van der Waals surface area (Å²) in [5.74, 6) is 0.931. The van der Waals surface area contributed by atoms with Gasteiger partial charge in [0.25, 0.3) is 5.56 Å². The number of aromatic amines is 1. The molecule has 24 heavy (non-hydrogen) atoms. The molecular weight excluding hydrogens is 304 g/mol. The predicted octanol–water partition coefficient (Wildman–Crippen LogP) is 2.01. The lowest BCUT2D eigenvalue weighted by atomic mass is 9.95. The maximum atomic E-state index is 12.5. The van der Waals surface area contributed by atoms with Crippen molar-refractivity contribution >= 4 is 22.8 Å². The Bertz CT molecular complexity index is 774. The Hall–Kier alpha value is -2.37. The van der Waals surface area contributed by atoms with E-state index in [1.807, 2.05) is 36.9 Å². The van der Waals surface area contributed by atoms with Crippen LogP contribution < -0.4 is 10.5 Å². The molecule has 0 unspecified atom stereocenters. The molecule has 1 aromatic carbocycles. The molecule has 1 aliphatic heterocycles. The maximum absolute atomic E-state index is 12.5. The number of benzene rings is 1. The first-order chi connectivity index (χ1) is 11.6. The van der Waals surface area contributed by atoms with E-state index in [4.69, 9.17) is 0 Å². The first kappa shape index (κ1) is 16.5. The third-order valence-electron chi connectivity index (χ3n) is 4.82. The summed E-state index contributed by atoms with van der Waals surface area (Å²) in [6.45, 7) is 7.02. The van der Waals surface area contributed by atoms with Gasteiger partial charge in [-0.1, -0.05) is 12.1 Å². The molecule has 0 bridgehead atoms. The van der Waals surface area contributed by atoms with Gasteiger partial charge < -0.3 is 9.80 Å². The summed E-state index contributed by atoms with van der Waals surface area (Å²) < 4.78 is 0. The number of carbonyl (C=O) groups is 1. The maximum Gasteiger partial charge on any atom is 0.260 e. The lowest BCUT2D eigenvalue weighted by Crippen LogP contribution is -2.43. The number of anilines is 1. The van der Waals surface area contributed by atoms with Crippen LogP contribution in [-0.4, -0.2) is 47.0 Å². The van der Waals surface area contributed by atoms with Crippen molar-refractivity contribution < 1.29 is 4.79 Å². The van der Waals surface area contributed by atoms with Crippen molar-refractivity contribution in [2.75, 3.05) is 31.1 Å². The summed E-state index contributed by atoms with van der Waals surface area (Å²) in [5.41, 5.74) is 0.592. The lowest BCUT2D eigenvalue weighted by Gasteiger charge is -2.34. The van der Waals surface area contributed by atoms with Gasteiger partial charge in [-0.15, -0.1) is 0 Å². The van der Waals surface area contributed by atoms with Crippen LogP contribution in [0.25, 0.3) is 10.9 Å². The van der Waals surface area contributed by atoms with E-state index < -0.39 is 0 Å². The van der Waals surface area contributed by atoms with Gasteiger partial charge in [-0.25, -0.2) is 4.98 Å². The first-order valence-electron chi connectivity index (χ1n) is 8.66. The van der Waals surface area contributed by atoms with Crippen molar-refractivity contribution in [1.82, 2.24) is 14.9 Å². The van der Waals surface area contributed by atoms with Crippen molar-refractivity contribution in [2.24, 2.45) is 5.92 Å². The number of carbonyl (C=O) groups excluding carboxylic acids is 1. The number of nitrogens with zero attached hydrogens (tertiary/aromatic N) is 3. The number of piperidine rings is 1. The third kappa shape index (κ3) is 3.13. The van der Waals surface area contributed by atoms with Gasteiger partial charge in [-0.05, 0) is 38.8 Å². The quantitative estimate of drug-likeness (QED) is 0.932. The summed E-state index contributed by atoms with van der Waals surface area (Å²) in [6, 6.07) is 7.35. The third-order valence-corrected chi connectivity index (χ3v) is 4.82. The van der Waals surface area contributed by atoms with E-state index in [-0.39, 0.29) is 17.4 Å². The topological polar surface area (TPSA) is 69.3 Å². The molecule has 6 heteroatoms. The largest absolute Gasteiger partial charge is 0.343 e. The summed E-state index contributed by atoms with van der Waals surface area (Å²) in [6.07, 6.45) is 1.59. The van der Waals surface area contributed by atoms with Crippen LogP contribution in [-0.2, 0) is 4.79 Å². The van der Waals surface area contributed by atoms with Gasteiger partial charge in [0, 0.05) is 32.1 Å². The number of hydrogen-bond acceptors (Lipinski definition) is 4. The highest BCUT2D eigenvalue weighted by Crippen LogP contribution is 2.22. The lowest BCUT2D eigenvalue weighted by molar-refractivity contribution is -0.135. The first-order valence-corrected chi connectivity index (χ1v) is 8.66. The van der Waals surface area contributed by atoms with E-state index in [2.05, 4.69) is 14.9 Å². The van der Waals surface area contributed by atoms with Crippen LogP contribution in [0.15, 0.2) is 29.1 Å². The number of amides is 1. The highest BCUT2D eigenvalue weighted by molar-refractivity contribution is 5.79. The molecule has 128 valence electrons. The highest BCUT2D eigenvalue weighted by Gasteiger charge is 2.28. The van der Waals surface area contributed by atoms with Crippen LogP contribution in [0.2, 0.25) is 0 Å². The van der Waals surface area contributed by atoms with Gasteiger partial charge >= 0.3 is 0 Å². The molecule has 3 rings (SSSR count). The van der Waals surface area contributed by atoms with Gasteiger partial charge in [0.1, 0.15) is 0 Å². The minimum Gasteiger partial charge on any atom is -0.343 e. The highest BCUT2D eigenvalue weighted by atomic mass is 16.2. The van der Waals surface area contributed by atoms with Gasteiger partial charge in [0.05, 0.1) is 10.9 Å². The van der Waals surface area contributed by atoms with Crippen LogP contribution in [0, 0.1) is 5.92 Å². The molecule has 1 aliphatic rings. The Balaban J connectivity index is 1.73. The average molecular weight is 328 g/mol. The van der Waals surface area contributed by atoms with Gasteiger partial charge in [-0.2, -0.15) is 0 Å². The second-order valence-corrected chi connectivity index (χ2v) is 6.18. The van der Waals surface area contributed by atoms with Crippen LogP contribution in [0.3, 0.4) is 0 Å². The van der Waals surface area contributed by atoms with Crippen molar-refractivity contribution in [3.05, 3.63) is 34.6 Å². The Kier molecular flexibility index (Phi) is 4.83. The number of nitrogens with one attached hydrogen (secondary N) is 1. The van der Waals surface area contributed by atoms with Crippen LogP contribution in [0.1, 0.15) is 26.7 Å².